The molecule has 0 atom stereocenters. The maximum atomic E-state index is 12.9. The summed E-state index contributed by atoms with van der Waals surface area (Å²) in [7, 11) is 0. The fourth-order valence-corrected chi connectivity index (χ4v) is 3.52. The Hall–Kier alpha value is -3.03. The number of benzene rings is 1. The summed E-state index contributed by atoms with van der Waals surface area (Å²) in [5.41, 5.74) is 3.50. The van der Waals surface area contributed by atoms with Gasteiger partial charge < -0.3 is 9.42 Å². The molecule has 3 aromatic rings. The summed E-state index contributed by atoms with van der Waals surface area (Å²) in [5.74, 6) is 1.16. The molecule has 4 rings (SSSR count). The molecule has 1 aromatic carbocycles. The average molecular weight is 380 g/mol. The van der Waals surface area contributed by atoms with Crippen LogP contribution in [0.15, 0.2) is 28.9 Å². The van der Waals surface area contributed by atoms with Crippen molar-refractivity contribution in [2.45, 2.75) is 46.1 Å². The summed E-state index contributed by atoms with van der Waals surface area (Å²) in [6.45, 7) is 7.37. The fourth-order valence-electron chi connectivity index (χ4n) is 3.52. The van der Waals surface area contributed by atoms with Gasteiger partial charge in [-0.15, -0.1) is 5.10 Å². The molecule has 0 radical (unpaired) electrons. The highest BCUT2D eigenvalue weighted by Gasteiger charge is 2.26. The number of amides is 1. The number of aromatic nitrogens is 5. The quantitative estimate of drug-likeness (QED) is 0.691. The number of rotatable bonds is 4. The molecule has 1 aliphatic rings. The van der Waals surface area contributed by atoms with Crippen LogP contribution in [0.4, 0.5) is 0 Å². The molecule has 0 N–H and O–H groups in total. The molecule has 1 amide bonds. The van der Waals surface area contributed by atoms with Crippen LogP contribution in [-0.2, 0) is 6.42 Å². The summed E-state index contributed by atoms with van der Waals surface area (Å²) in [6, 6.07) is 6.22. The summed E-state index contributed by atoms with van der Waals surface area (Å²) in [5, 5.41) is 12.3. The van der Waals surface area contributed by atoms with Gasteiger partial charge in [0.15, 0.2) is 11.5 Å². The predicted molar refractivity (Wildman–Crippen MR) is 103 cm³/mol. The Morgan fingerprint density at radius 1 is 1.25 bits per heavy atom. The van der Waals surface area contributed by atoms with Crippen molar-refractivity contribution in [2.75, 3.05) is 13.1 Å². The Kier molecular flexibility index (Phi) is 4.93. The van der Waals surface area contributed by atoms with Crippen LogP contribution in [0.5, 0.6) is 0 Å². The maximum Gasteiger partial charge on any atom is 0.280 e. The summed E-state index contributed by atoms with van der Waals surface area (Å²) >= 11 is 0. The van der Waals surface area contributed by atoms with E-state index in [0.29, 0.717) is 36.9 Å². The first kappa shape index (κ1) is 18.3. The van der Waals surface area contributed by atoms with Crippen molar-refractivity contribution in [2.24, 2.45) is 0 Å². The zero-order valence-corrected chi connectivity index (χ0v) is 16.4. The molecule has 1 fully saturated rings. The third-order valence-corrected chi connectivity index (χ3v) is 5.26. The molecular weight excluding hydrogens is 356 g/mol. The molecule has 3 heterocycles. The number of aryl methyl sites for hydroxylation is 3. The van der Waals surface area contributed by atoms with E-state index in [9.17, 15) is 4.79 Å². The van der Waals surface area contributed by atoms with Gasteiger partial charge in [-0.3, -0.25) is 4.79 Å². The highest BCUT2D eigenvalue weighted by molar-refractivity contribution is 5.95. The molecule has 1 saturated heterocycles. The lowest BCUT2D eigenvalue weighted by Gasteiger charge is -2.32. The van der Waals surface area contributed by atoms with E-state index in [4.69, 9.17) is 4.52 Å². The van der Waals surface area contributed by atoms with Crippen molar-refractivity contribution < 1.29 is 9.32 Å². The second kappa shape index (κ2) is 7.53. The van der Waals surface area contributed by atoms with Crippen LogP contribution in [0.3, 0.4) is 0 Å². The van der Waals surface area contributed by atoms with Crippen LogP contribution in [0.2, 0.25) is 0 Å². The van der Waals surface area contributed by atoms with Crippen molar-refractivity contribution in [3.05, 3.63) is 46.9 Å². The molecular formula is C20H24N6O2. The zero-order chi connectivity index (χ0) is 19.7. The van der Waals surface area contributed by atoms with Gasteiger partial charge in [-0.05, 0) is 38.3 Å². The van der Waals surface area contributed by atoms with Gasteiger partial charge in [0.1, 0.15) is 0 Å². The molecule has 0 bridgehead atoms. The first-order chi connectivity index (χ1) is 13.5. The third kappa shape index (κ3) is 3.54. The average Bonchev–Trinajstić information content (AvgIpc) is 3.38. The van der Waals surface area contributed by atoms with E-state index in [0.717, 1.165) is 29.5 Å². The van der Waals surface area contributed by atoms with Crippen molar-refractivity contribution in [1.29, 1.82) is 0 Å². The number of likely N-dealkylation sites (tertiary alicyclic amines) is 1. The van der Waals surface area contributed by atoms with E-state index in [-0.39, 0.29) is 11.9 Å². The number of hydrogen-bond acceptors (Lipinski definition) is 6. The van der Waals surface area contributed by atoms with Gasteiger partial charge in [-0.1, -0.05) is 35.0 Å². The van der Waals surface area contributed by atoms with Gasteiger partial charge in [0.2, 0.25) is 0 Å². The zero-order valence-electron chi connectivity index (χ0n) is 16.4. The van der Waals surface area contributed by atoms with E-state index in [1.54, 1.807) is 0 Å². The maximum absolute atomic E-state index is 12.9. The van der Waals surface area contributed by atoms with Gasteiger partial charge in [0.25, 0.3) is 11.8 Å². The van der Waals surface area contributed by atoms with Gasteiger partial charge in [0.05, 0.1) is 12.2 Å². The standard InChI is InChI=1S/C20H24N6O2/c1-4-18-21-19(28-23-18)17-12-26(24-22-17)15-7-9-25(10-8-15)20(27)16-11-13(2)5-6-14(16)3/h5-6,11-12,15H,4,7-10H2,1-3H3. The Balaban J connectivity index is 1.42. The highest BCUT2D eigenvalue weighted by Crippen LogP contribution is 2.25. The fraction of sp³-hybridized carbons (Fsp3) is 0.450. The smallest absolute Gasteiger partial charge is 0.280 e. The van der Waals surface area contributed by atoms with Crippen molar-refractivity contribution in [3.63, 3.8) is 0 Å². The van der Waals surface area contributed by atoms with Gasteiger partial charge in [-0.2, -0.15) is 4.98 Å². The number of nitrogens with zero attached hydrogens (tertiary/aromatic N) is 6. The molecule has 28 heavy (non-hydrogen) atoms. The van der Waals surface area contributed by atoms with Crippen LogP contribution < -0.4 is 0 Å². The number of hydrogen-bond donors (Lipinski definition) is 0. The van der Waals surface area contributed by atoms with Crippen molar-refractivity contribution >= 4 is 5.91 Å². The van der Waals surface area contributed by atoms with Crippen LogP contribution in [-0.4, -0.2) is 49.0 Å². The van der Waals surface area contributed by atoms with E-state index in [1.165, 1.54) is 0 Å². The van der Waals surface area contributed by atoms with Crippen LogP contribution in [0.1, 0.15) is 53.1 Å². The second-order valence-corrected chi connectivity index (χ2v) is 7.29. The molecule has 1 aliphatic heterocycles. The SMILES string of the molecule is CCc1noc(-c2cn(C3CCN(C(=O)c4cc(C)ccc4C)CC3)nn2)n1. The van der Waals surface area contributed by atoms with Gasteiger partial charge >= 0.3 is 0 Å². The lowest BCUT2D eigenvalue weighted by Crippen LogP contribution is -2.39. The van der Waals surface area contributed by atoms with E-state index in [2.05, 4.69) is 20.5 Å². The molecule has 8 heteroatoms. The molecule has 2 aromatic heterocycles. The first-order valence-corrected chi connectivity index (χ1v) is 9.66. The summed E-state index contributed by atoms with van der Waals surface area (Å²) in [4.78, 5) is 19.1. The minimum atomic E-state index is 0.108. The van der Waals surface area contributed by atoms with Crippen LogP contribution >= 0.6 is 0 Å². The Morgan fingerprint density at radius 3 is 2.75 bits per heavy atom. The minimum Gasteiger partial charge on any atom is -0.338 e. The second-order valence-electron chi connectivity index (χ2n) is 7.29. The summed E-state index contributed by atoms with van der Waals surface area (Å²) < 4.78 is 7.08. The van der Waals surface area contributed by atoms with E-state index in [1.807, 2.05) is 54.7 Å². The third-order valence-electron chi connectivity index (χ3n) is 5.26. The lowest BCUT2D eigenvalue weighted by molar-refractivity contribution is 0.0688. The molecule has 0 aliphatic carbocycles. The minimum absolute atomic E-state index is 0.108. The largest absolute Gasteiger partial charge is 0.338 e. The normalized spacial score (nSPS) is 15.2. The Morgan fingerprint density at radius 2 is 2.04 bits per heavy atom. The van der Waals surface area contributed by atoms with Gasteiger partial charge in [-0.25, -0.2) is 4.68 Å². The monoisotopic (exact) mass is 380 g/mol. The highest BCUT2D eigenvalue weighted by atomic mass is 16.5. The molecule has 8 nitrogen and oxygen atoms in total. The lowest BCUT2D eigenvalue weighted by atomic mass is 10.0. The molecule has 0 spiro atoms. The topological polar surface area (TPSA) is 89.9 Å². The van der Waals surface area contributed by atoms with Crippen LogP contribution in [0, 0.1) is 13.8 Å². The van der Waals surface area contributed by atoms with Crippen molar-refractivity contribution in [3.8, 4) is 11.6 Å². The first-order valence-electron chi connectivity index (χ1n) is 9.66. The summed E-state index contributed by atoms with van der Waals surface area (Å²) in [6.07, 6.45) is 4.23. The van der Waals surface area contributed by atoms with Crippen LogP contribution in [0.25, 0.3) is 11.6 Å². The molecule has 0 unspecified atom stereocenters. The van der Waals surface area contributed by atoms with E-state index < -0.39 is 0 Å². The predicted octanol–water partition coefficient (Wildman–Crippen LogP) is 2.98. The molecule has 146 valence electrons. The van der Waals surface area contributed by atoms with E-state index >= 15 is 0 Å². The molecule has 0 saturated carbocycles. The number of carbonyl (C=O) groups excluding carboxylic acids is 1. The Labute approximate surface area is 163 Å². The van der Waals surface area contributed by atoms with Gasteiger partial charge in [0, 0.05) is 25.1 Å². The van der Waals surface area contributed by atoms with Crippen molar-refractivity contribution in [1.82, 2.24) is 30.0 Å². The Bertz CT molecular complexity index is 984. The number of carbonyl (C=O) groups is 1. The number of piperidine rings is 1.